The fraction of sp³-hybridized carbons (Fsp3) is 0.267. The normalized spacial score (nSPS) is 10.4. The first-order chi connectivity index (χ1) is 9.11. The van der Waals surface area contributed by atoms with E-state index in [9.17, 15) is 4.79 Å². The maximum Gasteiger partial charge on any atom is 0.336 e. The topological polar surface area (TPSA) is 46.5 Å². The lowest BCUT2D eigenvalue weighted by atomic mass is 10.0. The van der Waals surface area contributed by atoms with Crippen molar-refractivity contribution < 1.29 is 14.6 Å². The molecule has 100 valence electrons. The van der Waals surface area contributed by atoms with Crippen LogP contribution in [0, 0.1) is 6.92 Å². The molecule has 0 aliphatic rings. The molecule has 0 aliphatic heterocycles. The Labute approximate surface area is 116 Å². The van der Waals surface area contributed by atoms with Crippen molar-refractivity contribution >= 4 is 17.3 Å². The Balaban J connectivity index is 2.16. The number of thiophene rings is 1. The van der Waals surface area contributed by atoms with E-state index in [2.05, 4.69) is 6.07 Å². The highest BCUT2D eigenvalue weighted by molar-refractivity contribution is 7.10. The van der Waals surface area contributed by atoms with Crippen LogP contribution in [0.4, 0.5) is 0 Å². The van der Waals surface area contributed by atoms with Crippen LogP contribution >= 0.6 is 11.3 Å². The van der Waals surface area contributed by atoms with Crippen LogP contribution in [-0.2, 0) is 12.8 Å². The largest absolute Gasteiger partial charge is 0.496 e. The summed E-state index contributed by atoms with van der Waals surface area (Å²) in [6.07, 6.45) is 1.50. The Hall–Kier alpha value is -1.81. The average molecular weight is 276 g/mol. The smallest absolute Gasteiger partial charge is 0.336 e. The van der Waals surface area contributed by atoms with Crippen LogP contribution in [0.1, 0.15) is 26.4 Å². The summed E-state index contributed by atoms with van der Waals surface area (Å²) >= 11 is 1.49. The van der Waals surface area contributed by atoms with Gasteiger partial charge in [-0.25, -0.2) is 4.79 Å². The Morgan fingerprint density at radius 1 is 1.32 bits per heavy atom. The van der Waals surface area contributed by atoms with Gasteiger partial charge in [0.15, 0.2) is 0 Å². The molecule has 4 heteroatoms. The van der Waals surface area contributed by atoms with E-state index >= 15 is 0 Å². The van der Waals surface area contributed by atoms with Crippen molar-refractivity contribution in [1.29, 1.82) is 0 Å². The van der Waals surface area contributed by atoms with Gasteiger partial charge in [-0.1, -0.05) is 17.7 Å². The third-order valence-electron chi connectivity index (χ3n) is 3.03. The first-order valence-electron chi connectivity index (χ1n) is 6.05. The second-order valence-electron chi connectivity index (χ2n) is 4.38. The van der Waals surface area contributed by atoms with Gasteiger partial charge in [-0.05, 0) is 42.8 Å². The molecule has 2 rings (SSSR count). The van der Waals surface area contributed by atoms with Crippen LogP contribution < -0.4 is 4.74 Å². The molecular weight excluding hydrogens is 260 g/mol. The molecule has 0 saturated carbocycles. The van der Waals surface area contributed by atoms with Gasteiger partial charge in [-0.2, -0.15) is 0 Å². The molecular formula is C15H16O3S. The van der Waals surface area contributed by atoms with Crippen molar-refractivity contribution in [1.82, 2.24) is 0 Å². The monoisotopic (exact) mass is 276 g/mol. The summed E-state index contributed by atoms with van der Waals surface area (Å²) in [6, 6.07) is 7.72. The van der Waals surface area contributed by atoms with E-state index in [1.165, 1.54) is 16.9 Å². The summed E-state index contributed by atoms with van der Waals surface area (Å²) < 4.78 is 5.34. The molecule has 19 heavy (non-hydrogen) atoms. The van der Waals surface area contributed by atoms with Crippen molar-refractivity contribution in [3.8, 4) is 5.75 Å². The summed E-state index contributed by atoms with van der Waals surface area (Å²) in [6.45, 7) is 2.04. The molecule has 1 aromatic heterocycles. The number of hydrogen-bond donors (Lipinski definition) is 1. The maximum atomic E-state index is 11.1. The zero-order valence-electron chi connectivity index (χ0n) is 11.0. The molecule has 0 unspecified atom stereocenters. The Morgan fingerprint density at radius 3 is 2.79 bits per heavy atom. The van der Waals surface area contributed by atoms with Crippen LogP contribution in [0.25, 0.3) is 0 Å². The van der Waals surface area contributed by atoms with Gasteiger partial charge in [0.2, 0.25) is 0 Å². The second-order valence-corrected chi connectivity index (χ2v) is 5.38. The van der Waals surface area contributed by atoms with E-state index < -0.39 is 5.97 Å². The molecule has 0 aliphatic carbocycles. The van der Waals surface area contributed by atoms with Crippen molar-refractivity contribution in [3.63, 3.8) is 0 Å². The zero-order chi connectivity index (χ0) is 13.8. The first-order valence-corrected chi connectivity index (χ1v) is 6.93. The van der Waals surface area contributed by atoms with Crippen molar-refractivity contribution in [2.45, 2.75) is 19.8 Å². The molecule has 0 atom stereocenters. The van der Waals surface area contributed by atoms with Crippen LogP contribution in [0.2, 0.25) is 0 Å². The standard InChI is InChI=1S/C15H16O3S/c1-10-3-5-13(18-2)11(9-10)4-6-14-12(15(16)17)7-8-19-14/h3,5,7-9H,4,6H2,1-2H3,(H,16,17). The number of rotatable bonds is 5. The number of aryl methyl sites for hydroxylation is 3. The number of benzene rings is 1. The van der Waals surface area contributed by atoms with E-state index in [1.54, 1.807) is 13.2 Å². The third kappa shape index (κ3) is 3.15. The van der Waals surface area contributed by atoms with Crippen molar-refractivity contribution in [2.24, 2.45) is 0 Å². The maximum absolute atomic E-state index is 11.1. The van der Waals surface area contributed by atoms with Crippen LogP contribution in [0.15, 0.2) is 29.6 Å². The molecule has 0 amide bonds. The van der Waals surface area contributed by atoms with E-state index in [1.807, 2.05) is 24.4 Å². The Kier molecular flexibility index (Phi) is 4.22. The molecule has 0 bridgehead atoms. The lowest BCUT2D eigenvalue weighted by Gasteiger charge is -2.09. The van der Waals surface area contributed by atoms with Crippen molar-refractivity contribution in [2.75, 3.05) is 7.11 Å². The Morgan fingerprint density at radius 2 is 2.11 bits per heavy atom. The predicted molar refractivity (Wildman–Crippen MR) is 76.4 cm³/mol. The summed E-state index contributed by atoms with van der Waals surface area (Å²) in [7, 11) is 1.65. The van der Waals surface area contributed by atoms with E-state index in [4.69, 9.17) is 9.84 Å². The molecule has 2 aromatic rings. The zero-order valence-corrected chi connectivity index (χ0v) is 11.8. The highest BCUT2D eigenvalue weighted by Crippen LogP contribution is 2.24. The third-order valence-corrected chi connectivity index (χ3v) is 4.01. The van der Waals surface area contributed by atoms with Crippen molar-refractivity contribution in [3.05, 3.63) is 51.2 Å². The van der Waals surface area contributed by atoms with E-state index in [0.717, 1.165) is 29.0 Å². The molecule has 0 saturated heterocycles. The minimum atomic E-state index is -0.854. The number of carboxylic acids is 1. The number of ether oxygens (including phenoxy) is 1. The van der Waals surface area contributed by atoms with Gasteiger partial charge < -0.3 is 9.84 Å². The van der Waals surface area contributed by atoms with Gasteiger partial charge in [-0.3, -0.25) is 0 Å². The van der Waals surface area contributed by atoms with Gasteiger partial charge in [-0.15, -0.1) is 11.3 Å². The van der Waals surface area contributed by atoms with Crippen LogP contribution in [-0.4, -0.2) is 18.2 Å². The lowest BCUT2D eigenvalue weighted by molar-refractivity contribution is 0.0696. The van der Waals surface area contributed by atoms with E-state index in [0.29, 0.717) is 5.56 Å². The van der Waals surface area contributed by atoms with Gasteiger partial charge in [0, 0.05) is 4.88 Å². The number of methoxy groups -OCH3 is 1. The van der Waals surface area contributed by atoms with Crippen LogP contribution in [0.5, 0.6) is 5.75 Å². The summed E-state index contributed by atoms with van der Waals surface area (Å²) in [5.41, 5.74) is 2.71. The second kappa shape index (κ2) is 5.89. The Bertz CT molecular complexity index is 587. The molecule has 1 heterocycles. The first kappa shape index (κ1) is 13.6. The minimum absolute atomic E-state index is 0.414. The molecule has 1 N–H and O–H groups in total. The predicted octanol–water partition coefficient (Wildman–Crippen LogP) is 3.55. The molecule has 3 nitrogen and oxygen atoms in total. The lowest BCUT2D eigenvalue weighted by Crippen LogP contribution is -2.01. The molecule has 0 fully saturated rings. The van der Waals surface area contributed by atoms with Gasteiger partial charge in [0.05, 0.1) is 12.7 Å². The average Bonchev–Trinajstić information content (AvgIpc) is 2.85. The number of hydrogen-bond acceptors (Lipinski definition) is 3. The number of carboxylic acid groups (broad SMARTS) is 1. The van der Waals surface area contributed by atoms with E-state index in [-0.39, 0.29) is 0 Å². The molecule has 0 spiro atoms. The fourth-order valence-corrected chi connectivity index (χ4v) is 2.95. The summed E-state index contributed by atoms with van der Waals surface area (Å²) in [5.74, 6) is 0.00601. The summed E-state index contributed by atoms with van der Waals surface area (Å²) in [4.78, 5) is 12.0. The van der Waals surface area contributed by atoms with Gasteiger partial charge in [0.25, 0.3) is 0 Å². The highest BCUT2D eigenvalue weighted by atomic mass is 32.1. The molecule has 0 radical (unpaired) electrons. The minimum Gasteiger partial charge on any atom is -0.496 e. The van der Waals surface area contributed by atoms with Gasteiger partial charge >= 0.3 is 5.97 Å². The highest BCUT2D eigenvalue weighted by Gasteiger charge is 2.12. The number of carbonyl (C=O) groups is 1. The summed E-state index contributed by atoms with van der Waals surface area (Å²) in [5, 5.41) is 10.9. The SMILES string of the molecule is COc1ccc(C)cc1CCc1sccc1C(=O)O. The van der Waals surface area contributed by atoms with Crippen LogP contribution in [0.3, 0.4) is 0 Å². The fourth-order valence-electron chi connectivity index (χ4n) is 2.08. The number of aromatic carboxylic acids is 1. The molecule has 1 aromatic carbocycles. The quantitative estimate of drug-likeness (QED) is 0.908. The van der Waals surface area contributed by atoms with Gasteiger partial charge in [0.1, 0.15) is 5.75 Å².